The van der Waals surface area contributed by atoms with E-state index < -0.39 is 0 Å². The van der Waals surface area contributed by atoms with Gasteiger partial charge in [0.15, 0.2) is 0 Å². The Labute approximate surface area is 112 Å². The number of aromatic nitrogens is 1. The van der Waals surface area contributed by atoms with Crippen LogP contribution in [0.25, 0.3) is 10.8 Å². The largest absolute Gasteiger partial charge is 0.336 e. The van der Waals surface area contributed by atoms with Crippen LogP contribution in [0.5, 0.6) is 0 Å². The van der Waals surface area contributed by atoms with Crippen LogP contribution in [0.1, 0.15) is 10.4 Å². The maximum atomic E-state index is 12.6. The number of benzene rings is 1. The lowest BCUT2D eigenvalue weighted by Gasteiger charge is -2.32. The Kier molecular flexibility index (Phi) is 3.17. The van der Waals surface area contributed by atoms with Gasteiger partial charge in [0.2, 0.25) is 0 Å². The molecule has 1 amide bonds. The summed E-state index contributed by atoms with van der Waals surface area (Å²) in [7, 11) is 2.09. The number of hydrogen-bond acceptors (Lipinski definition) is 3. The summed E-state index contributed by atoms with van der Waals surface area (Å²) in [6.07, 6.45) is 3.53. The van der Waals surface area contributed by atoms with Crippen LogP contribution >= 0.6 is 0 Å². The molecule has 0 atom stereocenters. The van der Waals surface area contributed by atoms with Crippen molar-refractivity contribution in [1.82, 2.24) is 14.8 Å². The van der Waals surface area contributed by atoms with Crippen molar-refractivity contribution in [3.63, 3.8) is 0 Å². The van der Waals surface area contributed by atoms with Crippen molar-refractivity contribution in [2.24, 2.45) is 0 Å². The van der Waals surface area contributed by atoms with Gasteiger partial charge < -0.3 is 9.80 Å². The molecule has 19 heavy (non-hydrogen) atoms. The van der Waals surface area contributed by atoms with Crippen molar-refractivity contribution in [3.05, 3.63) is 42.2 Å². The van der Waals surface area contributed by atoms with Crippen LogP contribution in [0.4, 0.5) is 0 Å². The van der Waals surface area contributed by atoms with Crippen molar-refractivity contribution in [1.29, 1.82) is 0 Å². The molecule has 0 bridgehead atoms. The van der Waals surface area contributed by atoms with Crippen LogP contribution < -0.4 is 0 Å². The lowest BCUT2D eigenvalue weighted by Crippen LogP contribution is -2.47. The molecule has 1 aromatic carbocycles. The maximum Gasteiger partial charge on any atom is 0.254 e. The summed E-state index contributed by atoms with van der Waals surface area (Å²) >= 11 is 0. The van der Waals surface area contributed by atoms with Gasteiger partial charge in [0.1, 0.15) is 0 Å². The first-order valence-electron chi connectivity index (χ1n) is 6.56. The molecule has 0 spiro atoms. The fraction of sp³-hybridized carbons (Fsp3) is 0.333. The first kappa shape index (κ1) is 12.1. The number of fused-ring (bicyclic) bond motifs is 1. The molecule has 98 valence electrons. The third-order valence-corrected chi connectivity index (χ3v) is 3.70. The molecule has 4 heteroatoms. The van der Waals surface area contributed by atoms with Crippen LogP contribution in [-0.2, 0) is 0 Å². The molecule has 2 heterocycles. The van der Waals surface area contributed by atoms with Gasteiger partial charge in [0.05, 0.1) is 0 Å². The summed E-state index contributed by atoms with van der Waals surface area (Å²) in [5.41, 5.74) is 0.759. The summed E-state index contributed by atoms with van der Waals surface area (Å²) in [4.78, 5) is 20.9. The fourth-order valence-corrected chi connectivity index (χ4v) is 2.48. The number of likely N-dealkylation sites (N-methyl/N-ethyl adjacent to an activating group) is 1. The molecule has 2 aromatic rings. The first-order chi connectivity index (χ1) is 9.25. The molecule has 1 aliphatic rings. The second-order valence-electron chi connectivity index (χ2n) is 5.00. The van der Waals surface area contributed by atoms with Gasteiger partial charge in [-0.15, -0.1) is 0 Å². The van der Waals surface area contributed by atoms with E-state index in [-0.39, 0.29) is 5.91 Å². The molecule has 0 aliphatic carbocycles. The third kappa shape index (κ3) is 2.31. The summed E-state index contributed by atoms with van der Waals surface area (Å²) in [5, 5.41) is 2.00. The topological polar surface area (TPSA) is 36.4 Å². The van der Waals surface area contributed by atoms with Gasteiger partial charge in [0, 0.05) is 49.5 Å². The van der Waals surface area contributed by atoms with E-state index >= 15 is 0 Å². The van der Waals surface area contributed by atoms with Crippen molar-refractivity contribution >= 4 is 16.7 Å². The Hall–Kier alpha value is -1.94. The Morgan fingerprint density at radius 1 is 1.16 bits per heavy atom. The minimum atomic E-state index is 0.117. The van der Waals surface area contributed by atoms with Gasteiger partial charge in [-0.3, -0.25) is 9.78 Å². The molecule has 0 saturated carbocycles. The Morgan fingerprint density at radius 2 is 1.95 bits per heavy atom. The van der Waals surface area contributed by atoms with E-state index in [4.69, 9.17) is 0 Å². The van der Waals surface area contributed by atoms with Crippen molar-refractivity contribution < 1.29 is 4.79 Å². The third-order valence-electron chi connectivity index (χ3n) is 3.70. The Bertz CT molecular complexity index is 598. The van der Waals surface area contributed by atoms with E-state index in [1.54, 1.807) is 12.4 Å². The minimum absolute atomic E-state index is 0.117. The SMILES string of the molecule is CN1CCN(C(=O)c2cccc3ccncc23)CC1. The first-order valence-corrected chi connectivity index (χ1v) is 6.56. The van der Waals surface area contributed by atoms with E-state index in [0.29, 0.717) is 0 Å². The number of piperazine rings is 1. The predicted molar refractivity (Wildman–Crippen MR) is 75.1 cm³/mol. The summed E-state index contributed by atoms with van der Waals surface area (Å²) in [5.74, 6) is 0.117. The number of pyridine rings is 1. The molecule has 1 aliphatic heterocycles. The quantitative estimate of drug-likeness (QED) is 0.777. The molecule has 3 rings (SSSR count). The lowest BCUT2D eigenvalue weighted by atomic mass is 10.1. The van der Waals surface area contributed by atoms with Crippen molar-refractivity contribution in [2.75, 3.05) is 33.2 Å². The van der Waals surface area contributed by atoms with Gasteiger partial charge in [-0.05, 0) is 24.6 Å². The normalized spacial score (nSPS) is 16.8. The number of amides is 1. The van der Waals surface area contributed by atoms with E-state index in [1.165, 1.54) is 0 Å². The van der Waals surface area contributed by atoms with E-state index in [1.807, 2.05) is 29.2 Å². The van der Waals surface area contributed by atoms with Gasteiger partial charge in [0.25, 0.3) is 5.91 Å². The molecular formula is C15H17N3O. The highest BCUT2D eigenvalue weighted by molar-refractivity contribution is 6.06. The number of nitrogens with zero attached hydrogens (tertiary/aromatic N) is 3. The second kappa shape index (κ2) is 4.97. The summed E-state index contributed by atoms with van der Waals surface area (Å²) in [6.45, 7) is 3.47. The van der Waals surface area contributed by atoms with Gasteiger partial charge in [-0.1, -0.05) is 12.1 Å². The van der Waals surface area contributed by atoms with Crippen LogP contribution in [-0.4, -0.2) is 53.9 Å². The average molecular weight is 255 g/mol. The second-order valence-corrected chi connectivity index (χ2v) is 5.00. The average Bonchev–Trinajstić information content (AvgIpc) is 2.47. The Balaban J connectivity index is 1.93. The van der Waals surface area contributed by atoms with E-state index in [9.17, 15) is 4.79 Å². The highest BCUT2D eigenvalue weighted by atomic mass is 16.2. The zero-order chi connectivity index (χ0) is 13.2. The molecular weight excluding hydrogens is 238 g/mol. The van der Waals surface area contributed by atoms with Gasteiger partial charge in [-0.25, -0.2) is 0 Å². The van der Waals surface area contributed by atoms with Gasteiger partial charge >= 0.3 is 0 Å². The number of rotatable bonds is 1. The fourth-order valence-electron chi connectivity index (χ4n) is 2.48. The number of carbonyl (C=O) groups excluding carboxylic acids is 1. The van der Waals surface area contributed by atoms with Gasteiger partial charge in [-0.2, -0.15) is 0 Å². The van der Waals surface area contributed by atoms with Crippen LogP contribution in [0.15, 0.2) is 36.7 Å². The smallest absolute Gasteiger partial charge is 0.254 e. The van der Waals surface area contributed by atoms with Crippen molar-refractivity contribution in [2.45, 2.75) is 0 Å². The maximum absolute atomic E-state index is 12.6. The van der Waals surface area contributed by atoms with E-state index in [2.05, 4.69) is 16.9 Å². The zero-order valence-electron chi connectivity index (χ0n) is 11.0. The minimum Gasteiger partial charge on any atom is -0.336 e. The monoisotopic (exact) mass is 255 g/mol. The number of hydrogen-bond donors (Lipinski definition) is 0. The van der Waals surface area contributed by atoms with Crippen LogP contribution in [0.3, 0.4) is 0 Å². The molecule has 1 saturated heterocycles. The van der Waals surface area contributed by atoms with Crippen molar-refractivity contribution in [3.8, 4) is 0 Å². The number of carbonyl (C=O) groups is 1. The summed E-state index contributed by atoms with van der Waals surface area (Å²) in [6, 6.07) is 7.78. The molecule has 0 N–H and O–H groups in total. The zero-order valence-corrected chi connectivity index (χ0v) is 11.0. The predicted octanol–water partition coefficient (Wildman–Crippen LogP) is 1.62. The van der Waals surface area contributed by atoms with Crippen LogP contribution in [0.2, 0.25) is 0 Å². The molecule has 1 aromatic heterocycles. The molecule has 1 fully saturated rings. The summed E-state index contributed by atoms with van der Waals surface area (Å²) < 4.78 is 0. The van der Waals surface area contributed by atoms with E-state index in [0.717, 1.165) is 42.5 Å². The molecule has 0 unspecified atom stereocenters. The molecule has 4 nitrogen and oxygen atoms in total. The lowest BCUT2D eigenvalue weighted by molar-refractivity contribution is 0.0666. The highest BCUT2D eigenvalue weighted by Crippen LogP contribution is 2.19. The molecule has 0 radical (unpaired) electrons. The van der Waals surface area contributed by atoms with Crippen LogP contribution in [0, 0.1) is 0 Å². The Morgan fingerprint density at radius 3 is 2.74 bits per heavy atom. The highest BCUT2D eigenvalue weighted by Gasteiger charge is 2.21. The standard InChI is InChI=1S/C15H17N3O/c1-17-7-9-18(10-8-17)15(19)13-4-2-3-12-5-6-16-11-14(12)13/h2-6,11H,7-10H2,1H3.